The van der Waals surface area contributed by atoms with Crippen LogP contribution < -0.4 is 10.6 Å². The Kier molecular flexibility index (Phi) is 2.33. The fourth-order valence-corrected chi connectivity index (χ4v) is 2.10. The van der Waals surface area contributed by atoms with Gasteiger partial charge in [0.2, 0.25) is 0 Å². The lowest BCUT2D eigenvalue weighted by Crippen LogP contribution is -2.49. The monoisotopic (exact) mass is 216 g/mol. The van der Waals surface area contributed by atoms with Crippen molar-refractivity contribution in [3.8, 4) is 0 Å². The van der Waals surface area contributed by atoms with Gasteiger partial charge in [-0.3, -0.25) is 0 Å². The Hall–Kier alpha value is -1.84. The van der Waals surface area contributed by atoms with Crippen LogP contribution >= 0.6 is 0 Å². The van der Waals surface area contributed by atoms with E-state index < -0.39 is 0 Å². The lowest BCUT2D eigenvalue weighted by atomic mass is 10.3. The van der Waals surface area contributed by atoms with Crippen LogP contribution in [0, 0.1) is 0 Å². The average Bonchev–Trinajstić information content (AvgIpc) is 2.32. The molecule has 3 aliphatic heterocycles. The van der Waals surface area contributed by atoms with E-state index in [4.69, 9.17) is 0 Å². The van der Waals surface area contributed by atoms with Crippen molar-refractivity contribution >= 4 is 0 Å². The molecule has 4 heteroatoms. The minimum absolute atomic E-state index is 0.847. The van der Waals surface area contributed by atoms with Crippen LogP contribution in [0.3, 0.4) is 0 Å². The summed E-state index contributed by atoms with van der Waals surface area (Å²) in [6.07, 6.45) is 12.8. The van der Waals surface area contributed by atoms with Gasteiger partial charge in [-0.15, -0.1) is 0 Å². The molecule has 0 aromatic rings. The molecule has 3 rings (SSSR count). The Morgan fingerprint density at radius 1 is 0.812 bits per heavy atom. The first-order valence-corrected chi connectivity index (χ1v) is 5.65. The van der Waals surface area contributed by atoms with E-state index in [1.54, 1.807) is 0 Å². The van der Waals surface area contributed by atoms with Gasteiger partial charge < -0.3 is 20.4 Å². The molecule has 0 atom stereocenters. The summed E-state index contributed by atoms with van der Waals surface area (Å²) in [6.45, 7) is 3.63. The molecule has 2 N–H and O–H groups in total. The molecule has 3 heterocycles. The van der Waals surface area contributed by atoms with Gasteiger partial charge in [-0.1, -0.05) is 24.3 Å². The first kappa shape index (κ1) is 9.39. The summed E-state index contributed by atoms with van der Waals surface area (Å²) < 4.78 is 0. The predicted octanol–water partition coefficient (Wildman–Crippen LogP) is 0.521. The summed E-state index contributed by atoms with van der Waals surface area (Å²) in [7, 11) is 0. The van der Waals surface area contributed by atoms with Crippen molar-refractivity contribution in [2.24, 2.45) is 0 Å². The Morgan fingerprint density at radius 2 is 1.31 bits per heavy atom. The molecule has 0 spiro atoms. The minimum atomic E-state index is 0.847. The van der Waals surface area contributed by atoms with Crippen molar-refractivity contribution in [3.63, 3.8) is 0 Å². The van der Waals surface area contributed by atoms with E-state index in [0.717, 1.165) is 26.4 Å². The van der Waals surface area contributed by atoms with Gasteiger partial charge in [-0.25, -0.2) is 0 Å². The van der Waals surface area contributed by atoms with Gasteiger partial charge in [0.05, 0.1) is 13.3 Å². The lowest BCUT2D eigenvalue weighted by molar-refractivity contribution is 0.235. The number of hydrogen-bond donors (Lipinski definition) is 2. The van der Waals surface area contributed by atoms with E-state index in [-0.39, 0.29) is 0 Å². The van der Waals surface area contributed by atoms with Gasteiger partial charge in [-0.2, -0.15) is 0 Å². The van der Waals surface area contributed by atoms with Crippen molar-refractivity contribution < 1.29 is 0 Å². The Labute approximate surface area is 95.6 Å². The molecule has 0 saturated carbocycles. The van der Waals surface area contributed by atoms with Crippen molar-refractivity contribution in [3.05, 3.63) is 48.1 Å². The molecular weight excluding hydrogens is 200 g/mol. The summed E-state index contributed by atoms with van der Waals surface area (Å²) in [5.41, 5.74) is 0. The maximum atomic E-state index is 3.47. The molecular formula is C12H16N4. The van der Waals surface area contributed by atoms with Crippen LogP contribution in [-0.2, 0) is 0 Å². The third-order valence-corrected chi connectivity index (χ3v) is 3.02. The average molecular weight is 216 g/mol. The van der Waals surface area contributed by atoms with Crippen LogP contribution in [-0.4, -0.2) is 36.2 Å². The molecule has 0 aliphatic carbocycles. The van der Waals surface area contributed by atoms with Crippen molar-refractivity contribution in [1.29, 1.82) is 0 Å². The fourth-order valence-electron chi connectivity index (χ4n) is 2.10. The second kappa shape index (κ2) is 3.96. The van der Waals surface area contributed by atoms with E-state index in [1.807, 2.05) is 0 Å². The normalized spacial score (nSPS) is 23.0. The number of nitrogens with zero attached hydrogens (tertiary/aromatic N) is 2. The molecule has 84 valence electrons. The highest BCUT2D eigenvalue weighted by Crippen LogP contribution is 2.12. The quantitative estimate of drug-likeness (QED) is 0.618. The number of rotatable bonds is 0. The molecule has 0 unspecified atom stereocenters. The Morgan fingerprint density at radius 3 is 1.81 bits per heavy atom. The second-order valence-electron chi connectivity index (χ2n) is 4.07. The maximum absolute atomic E-state index is 3.47. The lowest BCUT2D eigenvalue weighted by Gasteiger charge is -2.38. The van der Waals surface area contributed by atoms with Crippen molar-refractivity contribution in [1.82, 2.24) is 20.4 Å². The number of hydrogen-bond acceptors (Lipinski definition) is 4. The predicted molar refractivity (Wildman–Crippen MR) is 63.9 cm³/mol. The zero-order valence-electron chi connectivity index (χ0n) is 9.19. The molecule has 0 aromatic carbocycles. The van der Waals surface area contributed by atoms with Crippen molar-refractivity contribution in [2.45, 2.75) is 0 Å². The van der Waals surface area contributed by atoms with Crippen LogP contribution in [0.2, 0.25) is 0 Å². The number of allylic oxidation sites excluding steroid dienone is 4. The number of nitrogens with one attached hydrogen (secondary N) is 2. The van der Waals surface area contributed by atoms with Crippen LogP contribution in [0.4, 0.5) is 0 Å². The topological polar surface area (TPSA) is 30.5 Å². The SMILES string of the molecule is C1=CCN2CNC3=CC=CCN3CNC2=C1. The van der Waals surface area contributed by atoms with Gasteiger partial charge in [0.25, 0.3) is 0 Å². The smallest absolute Gasteiger partial charge is 0.104 e. The van der Waals surface area contributed by atoms with Gasteiger partial charge in [0.1, 0.15) is 11.6 Å². The van der Waals surface area contributed by atoms with Gasteiger partial charge in [0.15, 0.2) is 0 Å². The van der Waals surface area contributed by atoms with Crippen LogP contribution in [0.25, 0.3) is 0 Å². The van der Waals surface area contributed by atoms with Crippen LogP contribution in [0.1, 0.15) is 0 Å². The molecule has 4 nitrogen and oxygen atoms in total. The molecule has 16 heavy (non-hydrogen) atoms. The third kappa shape index (κ3) is 1.66. The third-order valence-electron chi connectivity index (χ3n) is 3.02. The zero-order chi connectivity index (χ0) is 10.8. The first-order valence-electron chi connectivity index (χ1n) is 5.65. The molecule has 1 saturated heterocycles. The highest BCUT2D eigenvalue weighted by molar-refractivity contribution is 5.20. The first-order chi connectivity index (χ1) is 7.93. The van der Waals surface area contributed by atoms with E-state index in [9.17, 15) is 0 Å². The van der Waals surface area contributed by atoms with Gasteiger partial charge in [0, 0.05) is 13.1 Å². The molecule has 3 aliphatic rings. The molecule has 0 aromatic heterocycles. The molecule has 1 fully saturated rings. The van der Waals surface area contributed by atoms with E-state index in [1.165, 1.54) is 11.6 Å². The van der Waals surface area contributed by atoms with E-state index in [2.05, 4.69) is 56.9 Å². The summed E-state index contributed by atoms with van der Waals surface area (Å²) in [4.78, 5) is 4.58. The van der Waals surface area contributed by atoms with Crippen LogP contribution in [0.5, 0.6) is 0 Å². The van der Waals surface area contributed by atoms with Crippen LogP contribution in [0.15, 0.2) is 48.1 Å². The summed E-state index contributed by atoms with van der Waals surface area (Å²) in [6, 6.07) is 0. The molecule has 0 radical (unpaired) electrons. The van der Waals surface area contributed by atoms with Gasteiger partial charge >= 0.3 is 0 Å². The fraction of sp³-hybridized carbons (Fsp3) is 0.333. The Bertz CT molecular complexity index is 354. The number of fused-ring (bicyclic) bond motifs is 2. The standard InChI is InChI=1S/C12H16N4/c1-3-7-15-10-14-12-6-2-4-8-16(12)9-13-11(15)5-1/h1-6,13-14H,7-10H2. The highest BCUT2D eigenvalue weighted by atomic mass is 15.4. The zero-order valence-corrected chi connectivity index (χ0v) is 9.19. The summed E-state index contributed by atoms with van der Waals surface area (Å²) in [5, 5.41) is 6.94. The molecule has 0 amide bonds. The summed E-state index contributed by atoms with van der Waals surface area (Å²) >= 11 is 0. The van der Waals surface area contributed by atoms with E-state index >= 15 is 0 Å². The Balaban J connectivity index is 1.79. The largest absolute Gasteiger partial charge is 0.354 e. The van der Waals surface area contributed by atoms with Crippen molar-refractivity contribution in [2.75, 3.05) is 26.4 Å². The summed E-state index contributed by atoms with van der Waals surface area (Å²) in [5.74, 6) is 2.40. The van der Waals surface area contributed by atoms with Gasteiger partial charge in [-0.05, 0) is 12.2 Å². The minimum Gasteiger partial charge on any atom is -0.354 e. The highest BCUT2D eigenvalue weighted by Gasteiger charge is 2.18. The molecule has 0 bridgehead atoms. The second-order valence-corrected chi connectivity index (χ2v) is 4.07. The maximum Gasteiger partial charge on any atom is 0.104 e. The van der Waals surface area contributed by atoms with E-state index in [0.29, 0.717) is 0 Å².